The van der Waals surface area contributed by atoms with Gasteiger partial charge in [-0.15, -0.1) is 0 Å². The van der Waals surface area contributed by atoms with Crippen molar-refractivity contribution in [3.8, 4) is 0 Å². The van der Waals surface area contributed by atoms with Crippen molar-refractivity contribution >= 4 is 62.1 Å². The number of rotatable bonds is 6. The van der Waals surface area contributed by atoms with Crippen LogP contribution in [0.15, 0.2) is 71.6 Å². The van der Waals surface area contributed by atoms with Crippen LogP contribution in [0.4, 0.5) is 24.5 Å². The molecule has 0 saturated heterocycles. The fourth-order valence-electron chi connectivity index (χ4n) is 2.86. The molecule has 0 bridgehead atoms. The molecule has 5 nitrogen and oxygen atoms in total. The molecule has 0 aliphatic rings. The topological polar surface area (TPSA) is 66.5 Å². The van der Waals surface area contributed by atoms with Gasteiger partial charge < -0.3 is 5.32 Å². The third-order valence-corrected chi connectivity index (χ3v) is 6.86. The fourth-order valence-corrected chi connectivity index (χ4v) is 4.76. The summed E-state index contributed by atoms with van der Waals surface area (Å²) in [5.41, 5.74) is -1.69. The van der Waals surface area contributed by atoms with Gasteiger partial charge in [0.05, 0.1) is 21.8 Å². The minimum absolute atomic E-state index is 0.0414. The second kappa shape index (κ2) is 9.80. The number of nitrogens with zero attached hydrogens (tertiary/aromatic N) is 1. The number of sulfonamides is 1. The molecule has 33 heavy (non-hydrogen) atoms. The Bertz CT molecular complexity index is 1280. The van der Waals surface area contributed by atoms with Crippen LogP contribution in [0, 0.1) is 0 Å². The molecule has 0 spiro atoms. The molecule has 0 radical (unpaired) electrons. The Balaban J connectivity index is 1.98. The van der Waals surface area contributed by atoms with E-state index in [1.54, 1.807) is 0 Å². The first-order valence-electron chi connectivity index (χ1n) is 9.08. The van der Waals surface area contributed by atoms with E-state index in [9.17, 15) is 26.4 Å². The van der Waals surface area contributed by atoms with Gasteiger partial charge >= 0.3 is 6.18 Å². The average molecular weight is 538 g/mol. The highest BCUT2D eigenvalue weighted by atomic mass is 35.5. The molecule has 0 saturated carbocycles. The van der Waals surface area contributed by atoms with Gasteiger partial charge in [0.1, 0.15) is 6.54 Å². The summed E-state index contributed by atoms with van der Waals surface area (Å²) in [4.78, 5) is 12.5. The number of carbonyl (C=O) groups is 1. The zero-order valence-corrected chi connectivity index (χ0v) is 19.5. The Morgan fingerprint density at radius 1 is 0.879 bits per heavy atom. The Kier molecular flexibility index (Phi) is 7.48. The number of hydrogen-bond donors (Lipinski definition) is 1. The molecule has 1 amide bonds. The summed E-state index contributed by atoms with van der Waals surface area (Å²) in [5, 5.41) is 2.43. The third-order valence-electron chi connectivity index (χ3n) is 4.35. The van der Waals surface area contributed by atoms with Crippen molar-refractivity contribution in [2.75, 3.05) is 16.2 Å². The molecule has 3 aromatic rings. The van der Waals surface area contributed by atoms with Crippen LogP contribution in [0.2, 0.25) is 15.1 Å². The van der Waals surface area contributed by atoms with E-state index >= 15 is 0 Å². The standard InChI is InChI=1S/C21H14Cl3F3N2O3S/c22-13-4-7-17(8-5-13)33(31,32)29(16-3-1-2-14(23)10-16)12-20(30)28-19-9-6-15(24)11-18(19)21(25,26)27/h1-11H,12H2,(H,28,30). The van der Waals surface area contributed by atoms with Gasteiger partial charge in [0, 0.05) is 15.1 Å². The van der Waals surface area contributed by atoms with Gasteiger partial charge in [-0.2, -0.15) is 13.2 Å². The Hall–Kier alpha value is -2.46. The lowest BCUT2D eigenvalue weighted by Crippen LogP contribution is -2.38. The van der Waals surface area contributed by atoms with Crippen LogP contribution >= 0.6 is 34.8 Å². The monoisotopic (exact) mass is 536 g/mol. The maximum atomic E-state index is 13.4. The van der Waals surface area contributed by atoms with Crippen molar-refractivity contribution < 1.29 is 26.4 Å². The highest BCUT2D eigenvalue weighted by Crippen LogP contribution is 2.36. The summed E-state index contributed by atoms with van der Waals surface area (Å²) < 4.78 is 67.3. The van der Waals surface area contributed by atoms with Gasteiger partial charge in [-0.25, -0.2) is 8.42 Å². The average Bonchev–Trinajstić information content (AvgIpc) is 2.73. The molecule has 0 atom stereocenters. The second-order valence-electron chi connectivity index (χ2n) is 6.68. The fraction of sp³-hybridized carbons (Fsp3) is 0.0952. The smallest absolute Gasteiger partial charge is 0.324 e. The van der Waals surface area contributed by atoms with Crippen molar-refractivity contribution in [2.45, 2.75) is 11.1 Å². The molecule has 3 aromatic carbocycles. The number of nitrogens with one attached hydrogen (secondary N) is 1. The lowest BCUT2D eigenvalue weighted by molar-refractivity contribution is -0.137. The van der Waals surface area contributed by atoms with E-state index in [-0.39, 0.29) is 20.6 Å². The molecule has 0 fully saturated rings. The van der Waals surface area contributed by atoms with Gasteiger partial charge in [-0.3, -0.25) is 9.10 Å². The maximum absolute atomic E-state index is 13.4. The SMILES string of the molecule is O=C(CN(c1cccc(Cl)c1)S(=O)(=O)c1ccc(Cl)cc1)Nc1ccc(Cl)cc1C(F)(F)F. The molecule has 1 N–H and O–H groups in total. The number of carbonyl (C=O) groups excluding carboxylic acids is 1. The van der Waals surface area contributed by atoms with Crippen molar-refractivity contribution in [2.24, 2.45) is 0 Å². The van der Waals surface area contributed by atoms with E-state index in [1.807, 2.05) is 0 Å². The highest BCUT2D eigenvalue weighted by Gasteiger charge is 2.35. The number of alkyl halides is 3. The number of amides is 1. The highest BCUT2D eigenvalue weighted by molar-refractivity contribution is 7.92. The van der Waals surface area contributed by atoms with Gasteiger partial charge in [0.2, 0.25) is 5.91 Å². The summed E-state index contributed by atoms with van der Waals surface area (Å²) in [6, 6.07) is 13.7. The Morgan fingerprint density at radius 2 is 1.48 bits per heavy atom. The van der Waals surface area contributed by atoms with Crippen LogP contribution in [0.25, 0.3) is 0 Å². The van der Waals surface area contributed by atoms with E-state index in [0.29, 0.717) is 11.1 Å². The quantitative estimate of drug-likeness (QED) is 0.390. The zero-order chi connectivity index (χ0) is 24.4. The van der Waals surface area contributed by atoms with Crippen LogP contribution in [-0.4, -0.2) is 20.9 Å². The molecule has 0 heterocycles. The molecule has 0 aliphatic carbocycles. The van der Waals surface area contributed by atoms with E-state index in [2.05, 4.69) is 5.32 Å². The second-order valence-corrected chi connectivity index (χ2v) is 9.85. The van der Waals surface area contributed by atoms with Crippen LogP contribution in [0.5, 0.6) is 0 Å². The van der Waals surface area contributed by atoms with Crippen LogP contribution in [0.1, 0.15) is 5.56 Å². The summed E-state index contributed by atoms with van der Waals surface area (Å²) in [6.07, 6.45) is -4.80. The van der Waals surface area contributed by atoms with Gasteiger partial charge in [0.15, 0.2) is 0 Å². The Morgan fingerprint density at radius 3 is 2.09 bits per heavy atom. The van der Waals surface area contributed by atoms with Crippen LogP contribution in [0.3, 0.4) is 0 Å². The molecule has 0 aromatic heterocycles. The first-order chi connectivity index (χ1) is 15.4. The largest absolute Gasteiger partial charge is 0.418 e. The summed E-state index contributed by atoms with van der Waals surface area (Å²) >= 11 is 17.5. The maximum Gasteiger partial charge on any atom is 0.418 e. The van der Waals surface area contributed by atoms with Crippen molar-refractivity contribution in [1.29, 1.82) is 0 Å². The predicted octanol–water partition coefficient (Wildman–Crippen LogP) is 6.50. The summed E-state index contributed by atoms with van der Waals surface area (Å²) in [5.74, 6) is -1.01. The minimum Gasteiger partial charge on any atom is -0.324 e. The number of anilines is 2. The van der Waals surface area contributed by atoms with Gasteiger partial charge in [-0.1, -0.05) is 40.9 Å². The predicted molar refractivity (Wildman–Crippen MR) is 123 cm³/mol. The zero-order valence-electron chi connectivity index (χ0n) is 16.4. The Labute approximate surface area is 202 Å². The lowest BCUT2D eigenvalue weighted by Gasteiger charge is -2.24. The van der Waals surface area contributed by atoms with E-state index in [4.69, 9.17) is 34.8 Å². The number of benzene rings is 3. The van der Waals surface area contributed by atoms with E-state index in [0.717, 1.165) is 10.4 Å². The third kappa shape index (κ3) is 6.11. The van der Waals surface area contributed by atoms with Crippen LogP contribution < -0.4 is 9.62 Å². The van der Waals surface area contributed by atoms with Crippen LogP contribution in [-0.2, 0) is 21.0 Å². The molecular weight excluding hydrogens is 524 g/mol. The normalized spacial score (nSPS) is 11.8. The minimum atomic E-state index is -4.80. The first-order valence-corrected chi connectivity index (χ1v) is 11.7. The number of halogens is 6. The van der Waals surface area contributed by atoms with Crippen molar-refractivity contribution in [1.82, 2.24) is 0 Å². The van der Waals surface area contributed by atoms with Gasteiger partial charge in [0.25, 0.3) is 10.0 Å². The molecular formula is C21H14Cl3F3N2O3S. The first kappa shape index (κ1) is 25.2. The summed E-state index contributed by atoms with van der Waals surface area (Å²) in [7, 11) is -4.31. The van der Waals surface area contributed by atoms with Gasteiger partial charge in [-0.05, 0) is 60.7 Å². The number of hydrogen-bond acceptors (Lipinski definition) is 3. The lowest BCUT2D eigenvalue weighted by atomic mass is 10.1. The molecule has 3 rings (SSSR count). The summed E-state index contributed by atoms with van der Waals surface area (Å²) in [6.45, 7) is -0.828. The molecule has 174 valence electrons. The molecule has 0 unspecified atom stereocenters. The molecule has 0 aliphatic heterocycles. The van der Waals surface area contributed by atoms with E-state index < -0.39 is 39.9 Å². The van der Waals surface area contributed by atoms with Crippen molar-refractivity contribution in [3.05, 3.63) is 87.4 Å². The van der Waals surface area contributed by atoms with Crippen molar-refractivity contribution in [3.63, 3.8) is 0 Å². The molecule has 12 heteroatoms. The van der Waals surface area contributed by atoms with E-state index in [1.165, 1.54) is 54.6 Å².